The second-order valence-corrected chi connectivity index (χ2v) is 7.79. The summed E-state index contributed by atoms with van der Waals surface area (Å²) < 4.78 is 0. The molecule has 0 spiro atoms. The van der Waals surface area contributed by atoms with E-state index in [-0.39, 0.29) is 5.92 Å². The number of rotatable bonds is 3. The molecule has 28 heavy (non-hydrogen) atoms. The average molecular weight is 416 g/mol. The molecule has 2 heterocycles. The summed E-state index contributed by atoms with van der Waals surface area (Å²) >= 11 is 12.3. The van der Waals surface area contributed by atoms with E-state index in [2.05, 4.69) is 14.9 Å². The van der Waals surface area contributed by atoms with Gasteiger partial charge in [-0.25, -0.2) is 9.97 Å². The van der Waals surface area contributed by atoms with Gasteiger partial charge >= 0.3 is 5.97 Å². The SMILES string of the molecule is O=C(O)C1CCCN(c2ncnc3cccc(-c4ccc(Cl)c(Cl)c4)c23)CC1. The summed E-state index contributed by atoms with van der Waals surface area (Å²) in [5.41, 5.74) is 2.76. The fourth-order valence-electron chi connectivity index (χ4n) is 3.79. The molecule has 0 aliphatic carbocycles. The van der Waals surface area contributed by atoms with Gasteiger partial charge in [-0.2, -0.15) is 0 Å². The van der Waals surface area contributed by atoms with Crippen LogP contribution in [-0.4, -0.2) is 34.1 Å². The van der Waals surface area contributed by atoms with Gasteiger partial charge in [-0.1, -0.05) is 41.4 Å². The quantitative estimate of drug-likeness (QED) is 0.628. The number of fused-ring (bicyclic) bond motifs is 1. The van der Waals surface area contributed by atoms with Gasteiger partial charge < -0.3 is 10.0 Å². The Bertz CT molecular complexity index is 1040. The predicted molar refractivity (Wildman–Crippen MR) is 112 cm³/mol. The number of carboxylic acids is 1. The third-order valence-electron chi connectivity index (χ3n) is 5.25. The summed E-state index contributed by atoms with van der Waals surface area (Å²) in [4.78, 5) is 22.6. The number of carbonyl (C=O) groups is 1. The number of nitrogens with zero attached hydrogens (tertiary/aromatic N) is 3. The maximum Gasteiger partial charge on any atom is 0.306 e. The highest BCUT2D eigenvalue weighted by Crippen LogP contribution is 2.37. The molecule has 0 saturated carbocycles. The second-order valence-electron chi connectivity index (χ2n) is 6.98. The second kappa shape index (κ2) is 7.94. The molecule has 1 atom stereocenters. The predicted octanol–water partition coefficient (Wildman–Crippen LogP) is 5.29. The van der Waals surface area contributed by atoms with Crippen molar-refractivity contribution in [3.05, 3.63) is 52.8 Å². The van der Waals surface area contributed by atoms with E-state index >= 15 is 0 Å². The van der Waals surface area contributed by atoms with Crippen molar-refractivity contribution >= 4 is 45.9 Å². The van der Waals surface area contributed by atoms with Crippen LogP contribution in [0, 0.1) is 5.92 Å². The minimum atomic E-state index is -0.717. The van der Waals surface area contributed by atoms with Gasteiger partial charge in [0.05, 0.1) is 26.9 Å². The van der Waals surface area contributed by atoms with Crippen LogP contribution in [0.2, 0.25) is 10.0 Å². The fraction of sp³-hybridized carbons (Fsp3) is 0.286. The first-order chi connectivity index (χ1) is 13.5. The molecular formula is C21H19Cl2N3O2. The normalized spacial score (nSPS) is 17.5. The van der Waals surface area contributed by atoms with Gasteiger partial charge in [-0.3, -0.25) is 4.79 Å². The Labute approximate surface area is 172 Å². The smallest absolute Gasteiger partial charge is 0.306 e. The molecule has 1 aliphatic rings. The zero-order valence-corrected chi connectivity index (χ0v) is 16.6. The molecule has 7 heteroatoms. The summed E-state index contributed by atoms with van der Waals surface area (Å²) in [6.07, 6.45) is 3.68. The van der Waals surface area contributed by atoms with E-state index in [9.17, 15) is 9.90 Å². The number of carboxylic acid groups (broad SMARTS) is 1. The fourth-order valence-corrected chi connectivity index (χ4v) is 4.09. The number of hydrogen-bond donors (Lipinski definition) is 1. The van der Waals surface area contributed by atoms with Crippen molar-refractivity contribution in [2.45, 2.75) is 19.3 Å². The van der Waals surface area contributed by atoms with Crippen molar-refractivity contribution in [2.75, 3.05) is 18.0 Å². The first-order valence-electron chi connectivity index (χ1n) is 9.21. The number of anilines is 1. The lowest BCUT2D eigenvalue weighted by Gasteiger charge is -2.24. The summed E-state index contributed by atoms with van der Waals surface area (Å²) in [5, 5.41) is 11.3. The van der Waals surface area contributed by atoms with Crippen molar-refractivity contribution in [1.29, 1.82) is 0 Å². The molecule has 0 bridgehead atoms. The van der Waals surface area contributed by atoms with Crippen molar-refractivity contribution in [2.24, 2.45) is 5.92 Å². The number of benzene rings is 2. The Morgan fingerprint density at radius 3 is 2.71 bits per heavy atom. The molecule has 0 amide bonds. The average Bonchev–Trinajstić information content (AvgIpc) is 2.95. The van der Waals surface area contributed by atoms with Crippen molar-refractivity contribution < 1.29 is 9.90 Å². The minimum absolute atomic E-state index is 0.298. The van der Waals surface area contributed by atoms with Gasteiger partial charge in [0.25, 0.3) is 0 Å². The van der Waals surface area contributed by atoms with Gasteiger partial charge in [-0.05, 0) is 48.6 Å². The minimum Gasteiger partial charge on any atom is -0.481 e. The van der Waals surface area contributed by atoms with Gasteiger partial charge in [0.2, 0.25) is 0 Å². The molecule has 3 aromatic rings. The molecular weight excluding hydrogens is 397 g/mol. The topological polar surface area (TPSA) is 66.3 Å². The Morgan fingerprint density at radius 2 is 1.93 bits per heavy atom. The standard InChI is InChI=1S/C21H19Cl2N3O2/c22-16-7-6-14(11-17(16)23)15-4-1-5-18-19(15)20(25-12-24-18)26-9-2-3-13(8-10-26)21(27)28/h1,4-7,11-13H,2-3,8-10H2,(H,27,28). The summed E-state index contributed by atoms with van der Waals surface area (Å²) in [5.74, 6) is -0.184. The van der Waals surface area contributed by atoms with Crippen molar-refractivity contribution in [3.8, 4) is 11.1 Å². The largest absolute Gasteiger partial charge is 0.481 e. The van der Waals surface area contributed by atoms with Crippen LogP contribution in [0.1, 0.15) is 19.3 Å². The molecule has 1 unspecified atom stereocenters. The Kier molecular flexibility index (Phi) is 5.38. The first kappa shape index (κ1) is 19.0. The van der Waals surface area contributed by atoms with E-state index in [1.807, 2.05) is 30.3 Å². The third-order valence-corrected chi connectivity index (χ3v) is 5.99. The Balaban J connectivity index is 1.81. The van der Waals surface area contributed by atoms with Crippen LogP contribution in [0.3, 0.4) is 0 Å². The molecule has 1 N–H and O–H groups in total. The molecule has 1 aliphatic heterocycles. The number of halogens is 2. The molecule has 5 nitrogen and oxygen atoms in total. The lowest BCUT2D eigenvalue weighted by molar-refractivity contribution is -0.142. The van der Waals surface area contributed by atoms with Gasteiger partial charge in [0.15, 0.2) is 0 Å². The van der Waals surface area contributed by atoms with Crippen LogP contribution in [0.4, 0.5) is 5.82 Å². The molecule has 4 rings (SSSR count). The van der Waals surface area contributed by atoms with Crippen LogP contribution in [0.15, 0.2) is 42.7 Å². The van der Waals surface area contributed by atoms with E-state index < -0.39 is 5.97 Å². The van der Waals surface area contributed by atoms with Gasteiger partial charge in [0.1, 0.15) is 12.1 Å². The maximum absolute atomic E-state index is 11.4. The number of aromatic nitrogens is 2. The highest BCUT2D eigenvalue weighted by Gasteiger charge is 2.24. The lowest BCUT2D eigenvalue weighted by atomic mass is 10.0. The van der Waals surface area contributed by atoms with Crippen molar-refractivity contribution in [3.63, 3.8) is 0 Å². The zero-order chi connectivity index (χ0) is 19.7. The maximum atomic E-state index is 11.4. The van der Waals surface area contributed by atoms with E-state index in [4.69, 9.17) is 23.2 Å². The monoisotopic (exact) mass is 415 g/mol. The van der Waals surface area contributed by atoms with E-state index in [1.165, 1.54) is 0 Å². The van der Waals surface area contributed by atoms with Crippen LogP contribution in [0.5, 0.6) is 0 Å². The molecule has 144 valence electrons. The van der Waals surface area contributed by atoms with E-state index in [0.717, 1.165) is 40.8 Å². The third kappa shape index (κ3) is 3.64. The molecule has 1 aromatic heterocycles. The summed E-state index contributed by atoms with van der Waals surface area (Å²) in [6.45, 7) is 1.42. The summed E-state index contributed by atoms with van der Waals surface area (Å²) in [6, 6.07) is 11.5. The van der Waals surface area contributed by atoms with Crippen LogP contribution < -0.4 is 4.90 Å². The van der Waals surface area contributed by atoms with Gasteiger partial charge in [-0.15, -0.1) is 0 Å². The Morgan fingerprint density at radius 1 is 1.07 bits per heavy atom. The number of hydrogen-bond acceptors (Lipinski definition) is 4. The van der Waals surface area contributed by atoms with E-state index in [1.54, 1.807) is 12.4 Å². The van der Waals surface area contributed by atoms with Crippen LogP contribution in [0.25, 0.3) is 22.0 Å². The van der Waals surface area contributed by atoms with Crippen molar-refractivity contribution in [1.82, 2.24) is 9.97 Å². The van der Waals surface area contributed by atoms with Crippen LogP contribution in [-0.2, 0) is 4.79 Å². The summed E-state index contributed by atoms with van der Waals surface area (Å²) in [7, 11) is 0. The molecule has 1 fully saturated rings. The lowest BCUT2D eigenvalue weighted by Crippen LogP contribution is -2.26. The molecule has 0 radical (unpaired) electrons. The molecule has 1 saturated heterocycles. The van der Waals surface area contributed by atoms with E-state index in [0.29, 0.717) is 29.4 Å². The highest BCUT2D eigenvalue weighted by molar-refractivity contribution is 6.42. The van der Waals surface area contributed by atoms with Gasteiger partial charge in [0, 0.05) is 13.1 Å². The molecule has 2 aromatic carbocycles. The van der Waals surface area contributed by atoms with Crippen LogP contribution >= 0.6 is 23.2 Å². The zero-order valence-electron chi connectivity index (χ0n) is 15.1. The first-order valence-corrected chi connectivity index (χ1v) is 9.97. The Hall–Kier alpha value is -2.37. The number of aliphatic carboxylic acids is 1. The highest BCUT2D eigenvalue weighted by atomic mass is 35.5.